The number of rotatable bonds is 1. The van der Waals surface area contributed by atoms with Crippen LogP contribution in [0.3, 0.4) is 0 Å². The standard InChI is InChI=1S/C10H10Cl2N2OS/c11-6-7(13)8(16-9(6)12)10(15)14-2-4-1-5(4)3-14/h4-5H,1-3,13H2. The van der Waals surface area contributed by atoms with Crippen LogP contribution in [-0.4, -0.2) is 23.9 Å². The number of thiophene rings is 1. The van der Waals surface area contributed by atoms with Gasteiger partial charge in [-0.05, 0) is 18.3 Å². The van der Waals surface area contributed by atoms with Crippen LogP contribution in [0.5, 0.6) is 0 Å². The first-order valence-electron chi connectivity index (χ1n) is 5.10. The molecule has 0 bridgehead atoms. The SMILES string of the molecule is Nc1c(C(=O)N2CC3CC3C2)sc(Cl)c1Cl. The van der Waals surface area contributed by atoms with Crippen LogP contribution < -0.4 is 5.73 Å². The van der Waals surface area contributed by atoms with Crippen molar-refractivity contribution < 1.29 is 4.79 Å². The molecular weight excluding hydrogens is 267 g/mol. The van der Waals surface area contributed by atoms with Crippen molar-refractivity contribution in [2.75, 3.05) is 18.8 Å². The summed E-state index contributed by atoms with van der Waals surface area (Å²) >= 11 is 12.9. The molecule has 2 unspecified atom stereocenters. The highest BCUT2D eigenvalue weighted by atomic mass is 35.5. The molecule has 2 atom stereocenters. The smallest absolute Gasteiger partial charge is 0.266 e. The third-order valence-corrected chi connectivity index (χ3v) is 5.31. The number of halogens is 2. The second kappa shape index (κ2) is 3.52. The molecule has 1 aromatic heterocycles. The largest absolute Gasteiger partial charge is 0.396 e. The Kier molecular flexibility index (Phi) is 2.35. The van der Waals surface area contributed by atoms with E-state index in [9.17, 15) is 4.79 Å². The van der Waals surface area contributed by atoms with Crippen molar-refractivity contribution in [3.05, 3.63) is 14.2 Å². The van der Waals surface area contributed by atoms with E-state index in [4.69, 9.17) is 28.9 Å². The highest BCUT2D eigenvalue weighted by Gasteiger charge is 2.47. The zero-order valence-electron chi connectivity index (χ0n) is 8.37. The van der Waals surface area contributed by atoms with Gasteiger partial charge < -0.3 is 10.6 Å². The molecule has 3 nitrogen and oxygen atoms in total. The Morgan fingerprint density at radius 3 is 2.50 bits per heavy atom. The van der Waals surface area contributed by atoms with Crippen molar-refractivity contribution in [3.8, 4) is 0 Å². The van der Waals surface area contributed by atoms with Gasteiger partial charge >= 0.3 is 0 Å². The van der Waals surface area contributed by atoms with Crippen molar-refractivity contribution in [2.24, 2.45) is 11.8 Å². The lowest BCUT2D eigenvalue weighted by atomic mass is 10.3. The number of anilines is 1. The number of nitrogens with zero attached hydrogens (tertiary/aromatic N) is 1. The fourth-order valence-corrected chi connectivity index (χ4v) is 3.67. The Hall–Kier alpha value is -0.450. The molecule has 1 saturated heterocycles. The predicted molar refractivity (Wildman–Crippen MR) is 66.3 cm³/mol. The minimum Gasteiger partial charge on any atom is -0.396 e. The number of carbonyl (C=O) groups is 1. The van der Waals surface area contributed by atoms with Crippen LogP contribution in [0.25, 0.3) is 0 Å². The number of carbonyl (C=O) groups excluding carboxylic acids is 1. The van der Waals surface area contributed by atoms with Gasteiger partial charge in [0.1, 0.15) is 9.21 Å². The van der Waals surface area contributed by atoms with Gasteiger partial charge in [-0.25, -0.2) is 0 Å². The van der Waals surface area contributed by atoms with Crippen LogP contribution in [0.2, 0.25) is 9.36 Å². The van der Waals surface area contributed by atoms with Crippen LogP contribution in [0.1, 0.15) is 16.1 Å². The average Bonchev–Trinajstić information content (AvgIpc) is 2.80. The molecule has 1 aliphatic heterocycles. The molecule has 2 heterocycles. The normalized spacial score (nSPS) is 27.0. The second-order valence-corrected chi connectivity index (χ2v) is 6.40. The number of likely N-dealkylation sites (tertiary alicyclic amines) is 1. The van der Waals surface area contributed by atoms with E-state index in [0.29, 0.717) is 19.9 Å². The lowest BCUT2D eigenvalue weighted by Gasteiger charge is -2.17. The lowest BCUT2D eigenvalue weighted by molar-refractivity contribution is 0.0781. The highest BCUT2D eigenvalue weighted by Crippen LogP contribution is 2.46. The first kappa shape index (κ1) is 10.7. The summed E-state index contributed by atoms with van der Waals surface area (Å²) in [7, 11) is 0. The van der Waals surface area contributed by atoms with Gasteiger partial charge in [-0.1, -0.05) is 23.2 Å². The van der Waals surface area contributed by atoms with Crippen LogP contribution in [0.15, 0.2) is 0 Å². The van der Waals surface area contributed by atoms with Crippen LogP contribution in [0, 0.1) is 11.8 Å². The number of hydrogen-bond donors (Lipinski definition) is 1. The molecule has 2 fully saturated rings. The van der Waals surface area contributed by atoms with Gasteiger partial charge in [-0.3, -0.25) is 4.79 Å². The Bertz CT molecular complexity index is 464. The molecule has 6 heteroatoms. The average molecular weight is 277 g/mol. The second-order valence-electron chi connectivity index (χ2n) is 4.40. The molecule has 2 N–H and O–H groups in total. The number of nitrogens with two attached hydrogens (primary N) is 1. The number of nitrogen functional groups attached to an aromatic ring is 1. The number of fused-ring (bicyclic) bond motifs is 1. The maximum Gasteiger partial charge on any atom is 0.266 e. The minimum atomic E-state index is -0.0245. The molecule has 1 saturated carbocycles. The van der Waals surface area contributed by atoms with E-state index in [-0.39, 0.29) is 5.91 Å². The first-order valence-corrected chi connectivity index (χ1v) is 6.67. The van der Waals surface area contributed by atoms with E-state index in [0.717, 1.165) is 24.9 Å². The van der Waals surface area contributed by atoms with Crippen molar-refractivity contribution in [2.45, 2.75) is 6.42 Å². The maximum atomic E-state index is 12.1. The molecule has 3 rings (SSSR count). The van der Waals surface area contributed by atoms with E-state index in [1.807, 2.05) is 4.90 Å². The summed E-state index contributed by atoms with van der Waals surface area (Å²) in [5.74, 6) is 1.41. The van der Waals surface area contributed by atoms with Crippen molar-refractivity contribution in [1.82, 2.24) is 4.90 Å². The first-order chi connectivity index (χ1) is 7.58. The maximum absolute atomic E-state index is 12.1. The quantitative estimate of drug-likeness (QED) is 0.858. The zero-order chi connectivity index (χ0) is 11.4. The van der Waals surface area contributed by atoms with Crippen LogP contribution >= 0.6 is 34.5 Å². The Morgan fingerprint density at radius 2 is 2.00 bits per heavy atom. The molecular formula is C10H10Cl2N2OS. The third kappa shape index (κ3) is 1.51. The molecule has 16 heavy (non-hydrogen) atoms. The Morgan fingerprint density at radius 1 is 1.38 bits per heavy atom. The van der Waals surface area contributed by atoms with E-state index < -0.39 is 0 Å². The molecule has 0 aromatic carbocycles. The summed E-state index contributed by atoms with van der Waals surface area (Å²) in [6.07, 6.45) is 1.27. The zero-order valence-corrected chi connectivity index (χ0v) is 10.7. The summed E-state index contributed by atoms with van der Waals surface area (Å²) in [6.45, 7) is 1.71. The van der Waals surface area contributed by atoms with Gasteiger partial charge in [0.25, 0.3) is 5.91 Å². The number of hydrogen-bond acceptors (Lipinski definition) is 3. The summed E-state index contributed by atoms with van der Waals surface area (Å²) < 4.78 is 0.395. The predicted octanol–water partition coefficient (Wildman–Crippen LogP) is 2.73. The van der Waals surface area contributed by atoms with Crippen LogP contribution in [0.4, 0.5) is 5.69 Å². The van der Waals surface area contributed by atoms with Crippen molar-refractivity contribution >= 4 is 46.1 Å². The molecule has 1 aromatic rings. The Labute approximate surface area is 107 Å². The van der Waals surface area contributed by atoms with Crippen molar-refractivity contribution in [3.63, 3.8) is 0 Å². The van der Waals surface area contributed by atoms with Crippen molar-refractivity contribution in [1.29, 1.82) is 0 Å². The van der Waals surface area contributed by atoms with Gasteiger partial charge in [0.05, 0.1) is 10.7 Å². The number of amides is 1. The van der Waals surface area contributed by atoms with Gasteiger partial charge in [0.2, 0.25) is 0 Å². The fourth-order valence-electron chi connectivity index (χ4n) is 2.26. The van der Waals surface area contributed by atoms with Gasteiger partial charge in [0, 0.05) is 13.1 Å². The number of piperidine rings is 1. The molecule has 0 radical (unpaired) electrons. The summed E-state index contributed by atoms with van der Waals surface area (Å²) in [6, 6.07) is 0. The highest BCUT2D eigenvalue weighted by molar-refractivity contribution is 7.19. The third-order valence-electron chi connectivity index (χ3n) is 3.31. The summed E-state index contributed by atoms with van der Waals surface area (Å²) in [5.41, 5.74) is 6.09. The van der Waals surface area contributed by atoms with E-state index in [1.165, 1.54) is 17.8 Å². The molecule has 86 valence electrons. The topological polar surface area (TPSA) is 46.3 Å². The summed E-state index contributed by atoms with van der Waals surface area (Å²) in [4.78, 5) is 14.5. The van der Waals surface area contributed by atoms with Gasteiger partial charge in [-0.2, -0.15) is 0 Å². The fraction of sp³-hybridized carbons (Fsp3) is 0.500. The molecule has 2 aliphatic rings. The van der Waals surface area contributed by atoms with E-state index >= 15 is 0 Å². The van der Waals surface area contributed by atoms with Gasteiger partial charge in [-0.15, -0.1) is 11.3 Å². The lowest BCUT2D eigenvalue weighted by Crippen LogP contribution is -2.30. The van der Waals surface area contributed by atoms with Gasteiger partial charge in [0.15, 0.2) is 0 Å². The summed E-state index contributed by atoms with van der Waals surface area (Å²) in [5, 5.41) is 0.305. The van der Waals surface area contributed by atoms with Crippen LogP contribution in [-0.2, 0) is 0 Å². The van der Waals surface area contributed by atoms with E-state index in [1.54, 1.807) is 0 Å². The molecule has 0 spiro atoms. The molecule has 1 amide bonds. The monoisotopic (exact) mass is 276 g/mol. The Balaban J connectivity index is 1.86. The molecule has 1 aliphatic carbocycles. The van der Waals surface area contributed by atoms with E-state index in [2.05, 4.69) is 0 Å². The minimum absolute atomic E-state index is 0.0245.